The quantitative estimate of drug-likeness (QED) is 0.721. The van der Waals surface area contributed by atoms with Gasteiger partial charge < -0.3 is 5.32 Å². The molecule has 2 heteroatoms. The topological polar surface area (TPSA) is 35.8 Å². The lowest BCUT2D eigenvalue weighted by Crippen LogP contribution is -2.19. The molecule has 1 N–H and O–H groups in total. The molecule has 0 saturated carbocycles. The maximum absolute atomic E-state index is 8.37. The van der Waals surface area contributed by atoms with Gasteiger partial charge in [0.05, 0.1) is 6.07 Å². The first kappa shape index (κ1) is 10.7. The zero-order valence-corrected chi connectivity index (χ0v) is 8.53. The maximum Gasteiger partial charge on any atom is 0.0622 e. The number of nitrogens with one attached hydrogen (secondary N) is 1. The van der Waals surface area contributed by atoms with Gasteiger partial charge in [0.15, 0.2) is 0 Å². The van der Waals surface area contributed by atoms with Gasteiger partial charge in [-0.1, -0.05) is 30.3 Å². The summed E-state index contributed by atoms with van der Waals surface area (Å²) < 4.78 is 0. The third-order valence-electron chi connectivity index (χ3n) is 2.22. The van der Waals surface area contributed by atoms with Crippen molar-refractivity contribution in [2.45, 2.75) is 25.8 Å². The van der Waals surface area contributed by atoms with Crippen LogP contribution >= 0.6 is 0 Å². The van der Waals surface area contributed by atoms with E-state index in [9.17, 15) is 0 Å². The Morgan fingerprint density at radius 3 is 2.71 bits per heavy atom. The largest absolute Gasteiger partial charge is 0.310 e. The highest BCUT2D eigenvalue weighted by Gasteiger charge is 2.01. The minimum atomic E-state index is 0.370. The molecule has 1 rings (SSSR count). The van der Waals surface area contributed by atoms with Crippen LogP contribution in [0.4, 0.5) is 0 Å². The normalized spacial score (nSPS) is 12.0. The summed E-state index contributed by atoms with van der Waals surface area (Å²) in [4.78, 5) is 0. The number of nitrogens with zero attached hydrogens (tertiary/aromatic N) is 1. The summed E-state index contributed by atoms with van der Waals surface area (Å²) >= 11 is 0. The van der Waals surface area contributed by atoms with Crippen molar-refractivity contribution in [3.63, 3.8) is 0 Å². The summed E-state index contributed by atoms with van der Waals surface area (Å²) in [7, 11) is 0. The lowest BCUT2D eigenvalue weighted by Gasteiger charge is -2.13. The lowest BCUT2D eigenvalue weighted by molar-refractivity contribution is 0.562. The summed E-state index contributed by atoms with van der Waals surface area (Å²) in [6, 6.07) is 12.8. The van der Waals surface area contributed by atoms with Crippen molar-refractivity contribution in [3.05, 3.63) is 35.9 Å². The van der Waals surface area contributed by atoms with Gasteiger partial charge in [0.25, 0.3) is 0 Å². The van der Waals surface area contributed by atoms with Crippen molar-refractivity contribution in [1.82, 2.24) is 5.32 Å². The molecule has 14 heavy (non-hydrogen) atoms. The minimum Gasteiger partial charge on any atom is -0.310 e. The number of unbranched alkanes of at least 4 members (excludes halogenated alkanes) is 1. The van der Waals surface area contributed by atoms with Gasteiger partial charge in [-0.15, -0.1) is 0 Å². The third-order valence-corrected chi connectivity index (χ3v) is 2.22. The first-order valence-electron chi connectivity index (χ1n) is 5.00. The van der Waals surface area contributed by atoms with Gasteiger partial charge in [0.1, 0.15) is 0 Å². The predicted molar refractivity (Wildman–Crippen MR) is 57.7 cm³/mol. The van der Waals surface area contributed by atoms with E-state index < -0.39 is 0 Å². The fraction of sp³-hybridized carbons (Fsp3) is 0.417. The van der Waals surface area contributed by atoms with Crippen LogP contribution in [-0.4, -0.2) is 6.54 Å². The molecular weight excluding hydrogens is 172 g/mol. The van der Waals surface area contributed by atoms with Crippen LogP contribution in [0.3, 0.4) is 0 Å². The van der Waals surface area contributed by atoms with Crippen molar-refractivity contribution >= 4 is 0 Å². The molecule has 0 amide bonds. The smallest absolute Gasteiger partial charge is 0.0622 e. The van der Waals surface area contributed by atoms with Crippen LogP contribution < -0.4 is 5.32 Å². The SMILES string of the molecule is CC(NCCCC#N)c1ccccc1. The molecule has 0 aliphatic rings. The molecule has 0 spiro atoms. The molecule has 0 aromatic heterocycles. The summed E-state index contributed by atoms with van der Waals surface area (Å²) in [5, 5.41) is 11.8. The molecule has 0 aliphatic heterocycles. The van der Waals surface area contributed by atoms with Gasteiger partial charge in [-0.05, 0) is 25.5 Å². The Kier molecular flexibility index (Phi) is 4.74. The molecule has 74 valence electrons. The van der Waals surface area contributed by atoms with Crippen molar-refractivity contribution in [2.24, 2.45) is 0 Å². The van der Waals surface area contributed by atoms with E-state index in [0.29, 0.717) is 12.5 Å². The maximum atomic E-state index is 8.37. The molecule has 1 aromatic rings. The molecule has 0 bridgehead atoms. The van der Waals surface area contributed by atoms with Gasteiger partial charge in [0.2, 0.25) is 0 Å². The molecule has 1 aromatic carbocycles. The average Bonchev–Trinajstić information content (AvgIpc) is 2.25. The van der Waals surface area contributed by atoms with E-state index in [4.69, 9.17) is 5.26 Å². The van der Waals surface area contributed by atoms with Gasteiger partial charge >= 0.3 is 0 Å². The van der Waals surface area contributed by atoms with E-state index in [-0.39, 0.29) is 0 Å². The molecule has 0 heterocycles. The van der Waals surface area contributed by atoms with Crippen LogP contribution in [0.15, 0.2) is 30.3 Å². The number of hydrogen-bond donors (Lipinski definition) is 1. The van der Waals surface area contributed by atoms with Crippen LogP contribution in [0.25, 0.3) is 0 Å². The average molecular weight is 188 g/mol. The van der Waals surface area contributed by atoms with Gasteiger partial charge in [-0.25, -0.2) is 0 Å². The van der Waals surface area contributed by atoms with E-state index >= 15 is 0 Å². The molecule has 0 radical (unpaired) electrons. The zero-order valence-electron chi connectivity index (χ0n) is 8.53. The van der Waals surface area contributed by atoms with Crippen LogP contribution in [0, 0.1) is 11.3 Å². The Balaban J connectivity index is 2.29. The van der Waals surface area contributed by atoms with E-state index in [2.05, 4.69) is 30.4 Å². The van der Waals surface area contributed by atoms with Crippen molar-refractivity contribution in [3.8, 4) is 6.07 Å². The second-order valence-electron chi connectivity index (χ2n) is 3.35. The van der Waals surface area contributed by atoms with E-state index in [1.54, 1.807) is 0 Å². The Bertz CT molecular complexity index is 287. The Labute approximate surface area is 85.6 Å². The van der Waals surface area contributed by atoms with E-state index in [0.717, 1.165) is 13.0 Å². The van der Waals surface area contributed by atoms with Crippen LogP contribution in [-0.2, 0) is 0 Å². The van der Waals surface area contributed by atoms with Crippen LogP contribution in [0.1, 0.15) is 31.4 Å². The second-order valence-corrected chi connectivity index (χ2v) is 3.35. The summed E-state index contributed by atoms with van der Waals surface area (Å²) in [6.45, 7) is 3.05. The first-order valence-corrected chi connectivity index (χ1v) is 5.00. The predicted octanol–water partition coefficient (Wildman–Crippen LogP) is 2.64. The van der Waals surface area contributed by atoms with E-state index in [1.165, 1.54) is 5.56 Å². The fourth-order valence-electron chi connectivity index (χ4n) is 1.35. The third kappa shape index (κ3) is 3.59. The number of benzene rings is 1. The highest BCUT2D eigenvalue weighted by atomic mass is 14.9. The molecular formula is C12H16N2. The first-order chi connectivity index (χ1) is 6.84. The number of rotatable bonds is 5. The molecule has 0 saturated heterocycles. The molecule has 0 aliphatic carbocycles. The summed E-state index contributed by atoms with van der Waals surface area (Å²) in [5.74, 6) is 0. The van der Waals surface area contributed by atoms with Crippen molar-refractivity contribution < 1.29 is 0 Å². The molecule has 1 atom stereocenters. The fourth-order valence-corrected chi connectivity index (χ4v) is 1.35. The second kappa shape index (κ2) is 6.17. The zero-order chi connectivity index (χ0) is 10.2. The Hall–Kier alpha value is -1.33. The molecule has 0 fully saturated rings. The highest BCUT2D eigenvalue weighted by Crippen LogP contribution is 2.10. The molecule has 1 unspecified atom stereocenters. The van der Waals surface area contributed by atoms with Gasteiger partial charge in [-0.2, -0.15) is 5.26 Å². The molecule has 2 nitrogen and oxygen atoms in total. The number of hydrogen-bond acceptors (Lipinski definition) is 2. The van der Waals surface area contributed by atoms with Gasteiger partial charge in [-0.3, -0.25) is 0 Å². The van der Waals surface area contributed by atoms with Crippen molar-refractivity contribution in [1.29, 1.82) is 5.26 Å². The van der Waals surface area contributed by atoms with E-state index in [1.807, 2.05) is 18.2 Å². The van der Waals surface area contributed by atoms with Crippen molar-refractivity contribution in [2.75, 3.05) is 6.54 Å². The highest BCUT2D eigenvalue weighted by molar-refractivity contribution is 5.17. The number of nitriles is 1. The Morgan fingerprint density at radius 2 is 2.07 bits per heavy atom. The minimum absolute atomic E-state index is 0.370. The van der Waals surface area contributed by atoms with Crippen LogP contribution in [0.2, 0.25) is 0 Å². The summed E-state index contributed by atoms with van der Waals surface area (Å²) in [5.41, 5.74) is 1.30. The monoisotopic (exact) mass is 188 g/mol. The standard InChI is InChI=1S/C12H16N2/c1-11(14-10-6-5-9-13)12-7-3-2-4-8-12/h2-4,7-8,11,14H,5-6,10H2,1H3. The lowest BCUT2D eigenvalue weighted by atomic mass is 10.1. The Morgan fingerprint density at radius 1 is 1.36 bits per heavy atom. The summed E-state index contributed by atoms with van der Waals surface area (Å²) in [6.07, 6.45) is 1.56. The van der Waals surface area contributed by atoms with Crippen LogP contribution in [0.5, 0.6) is 0 Å². The van der Waals surface area contributed by atoms with Gasteiger partial charge in [0, 0.05) is 12.5 Å².